The van der Waals surface area contributed by atoms with Crippen LogP contribution >= 0.6 is 0 Å². The highest BCUT2D eigenvalue weighted by atomic mass is 16.5. The summed E-state index contributed by atoms with van der Waals surface area (Å²) in [5.41, 5.74) is 3.27. The summed E-state index contributed by atoms with van der Waals surface area (Å²) in [6.07, 6.45) is 4.43. The summed E-state index contributed by atoms with van der Waals surface area (Å²) in [4.78, 5) is 22.6. The Balaban J connectivity index is 0.992. The molecule has 5 heterocycles. The number of aromatic hydroxyl groups is 1. The topological polar surface area (TPSA) is 134 Å². The van der Waals surface area contributed by atoms with E-state index in [0.717, 1.165) is 75.9 Å². The molecule has 0 radical (unpaired) electrons. The van der Waals surface area contributed by atoms with Gasteiger partial charge >= 0.3 is 0 Å². The molecule has 3 aliphatic rings. The van der Waals surface area contributed by atoms with Crippen molar-refractivity contribution in [2.45, 2.75) is 64.0 Å². The summed E-state index contributed by atoms with van der Waals surface area (Å²) in [6.45, 7) is 12.1. The Morgan fingerprint density at radius 3 is 2.57 bits per heavy atom. The van der Waals surface area contributed by atoms with Gasteiger partial charge in [0.2, 0.25) is 5.91 Å². The highest BCUT2D eigenvalue weighted by Crippen LogP contribution is 2.33. The van der Waals surface area contributed by atoms with Gasteiger partial charge in [-0.2, -0.15) is 0 Å². The van der Waals surface area contributed by atoms with E-state index in [4.69, 9.17) is 4.52 Å². The number of phenolic OH excluding ortho intramolecular Hbond substituents is 1. The molecule has 1 aromatic carbocycles. The molecular formula is C35H50N8O4. The minimum absolute atomic E-state index is 0.0246. The van der Waals surface area contributed by atoms with E-state index in [1.54, 1.807) is 11.0 Å². The molecule has 0 bridgehead atoms. The molecule has 3 aliphatic heterocycles. The van der Waals surface area contributed by atoms with Crippen molar-refractivity contribution >= 4 is 17.4 Å². The fraction of sp³-hybridized carbons (Fsp3) is 0.600. The van der Waals surface area contributed by atoms with Gasteiger partial charge in [0.1, 0.15) is 17.4 Å². The van der Waals surface area contributed by atoms with Crippen LogP contribution in [-0.4, -0.2) is 124 Å². The van der Waals surface area contributed by atoms with Crippen LogP contribution in [-0.2, 0) is 11.2 Å². The number of aryl methyl sites for hydroxylation is 1. The minimum Gasteiger partial charge on any atom is -0.507 e. The van der Waals surface area contributed by atoms with Crippen LogP contribution in [0.5, 0.6) is 5.75 Å². The maximum absolute atomic E-state index is 13.2. The lowest BCUT2D eigenvalue weighted by molar-refractivity contribution is -0.133. The first-order valence-electron chi connectivity index (χ1n) is 17.3. The molecule has 3 saturated heterocycles. The molecule has 1 amide bonds. The average Bonchev–Trinajstić information content (AvgIpc) is 3.74. The van der Waals surface area contributed by atoms with Crippen molar-refractivity contribution in [3.05, 3.63) is 47.9 Å². The van der Waals surface area contributed by atoms with Gasteiger partial charge < -0.3 is 34.8 Å². The highest BCUT2D eigenvalue weighted by Gasteiger charge is 2.35. The Bertz CT molecular complexity index is 1490. The normalized spacial score (nSPS) is 21.8. The number of likely N-dealkylation sites (tertiary alicyclic amines) is 2. The third-order valence-electron chi connectivity index (χ3n) is 10.0. The third-order valence-corrected chi connectivity index (χ3v) is 10.0. The zero-order valence-corrected chi connectivity index (χ0v) is 28.0. The maximum Gasteiger partial charge on any atom is 0.233 e. The molecule has 254 valence electrons. The predicted octanol–water partition coefficient (Wildman–Crippen LogP) is 3.43. The molecule has 3 aromatic rings. The molecule has 3 fully saturated rings. The summed E-state index contributed by atoms with van der Waals surface area (Å²) >= 11 is 0. The number of aliphatic hydroxyl groups is 1. The first-order chi connectivity index (χ1) is 22.8. The second-order valence-electron chi connectivity index (χ2n) is 13.6. The number of nitrogens with zero attached hydrogens (tertiary/aromatic N) is 7. The smallest absolute Gasteiger partial charge is 0.233 e. The number of aliphatic hydroxyl groups excluding tert-OH is 1. The second kappa shape index (κ2) is 15.0. The second-order valence-corrected chi connectivity index (χ2v) is 13.6. The molecule has 1 unspecified atom stereocenters. The lowest BCUT2D eigenvalue weighted by Gasteiger charge is -2.44. The van der Waals surface area contributed by atoms with Gasteiger partial charge in [-0.1, -0.05) is 31.1 Å². The van der Waals surface area contributed by atoms with Crippen molar-refractivity contribution in [3.63, 3.8) is 0 Å². The molecule has 12 heteroatoms. The number of hydrogen-bond acceptors (Lipinski definition) is 11. The van der Waals surface area contributed by atoms with Gasteiger partial charge in [0.15, 0.2) is 5.82 Å². The number of piperazine rings is 1. The number of benzene rings is 1. The van der Waals surface area contributed by atoms with Crippen LogP contribution in [0.25, 0.3) is 11.3 Å². The first kappa shape index (κ1) is 33.2. The number of phenols is 1. The Labute approximate surface area is 277 Å². The zero-order valence-electron chi connectivity index (χ0n) is 28.0. The van der Waals surface area contributed by atoms with Crippen LogP contribution in [0, 0.1) is 5.92 Å². The molecule has 47 heavy (non-hydrogen) atoms. The van der Waals surface area contributed by atoms with Crippen molar-refractivity contribution < 1.29 is 19.5 Å². The number of anilines is 2. The summed E-state index contributed by atoms with van der Waals surface area (Å²) in [6, 6.07) is 11.8. The molecule has 3 N–H and O–H groups in total. The van der Waals surface area contributed by atoms with E-state index in [1.165, 1.54) is 12.8 Å². The largest absolute Gasteiger partial charge is 0.507 e. The number of aromatic nitrogens is 3. The van der Waals surface area contributed by atoms with Crippen LogP contribution in [0.4, 0.5) is 11.5 Å². The first-order valence-corrected chi connectivity index (χ1v) is 17.3. The van der Waals surface area contributed by atoms with Crippen molar-refractivity contribution in [1.82, 2.24) is 30.1 Å². The highest BCUT2D eigenvalue weighted by molar-refractivity contribution is 5.83. The fourth-order valence-electron chi connectivity index (χ4n) is 7.43. The number of nitrogens with one attached hydrogen (secondary N) is 1. The van der Waals surface area contributed by atoms with Gasteiger partial charge in [0.25, 0.3) is 0 Å². The van der Waals surface area contributed by atoms with E-state index < -0.39 is 6.10 Å². The van der Waals surface area contributed by atoms with Gasteiger partial charge in [-0.05, 0) is 69.3 Å². The fourth-order valence-corrected chi connectivity index (χ4v) is 7.43. The van der Waals surface area contributed by atoms with Gasteiger partial charge in [0.05, 0.1) is 23.2 Å². The maximum atomic E-state index is 13.2. The summed E-state index contributed by atoms with van der Waals surface area (Å²) < 4.78 is 5.72. The number of rotatable bonds is 11. The lowest BCUT2D eigenvalue weighted by atomic mass is 9.91. The number of hydrogen-bond donors (Lipinski definition) is 3. The average molecular weight is 647 g/mol. The van der Waals surface area contributed by atoms with Crippen LogP contribution in [0.15, 0.2) is 40.9 Å². The lowest BCUT2D eigenvalue weighted by Crippen LogP contribution is -2.55. The van der Waals surface area contributed by atoms with Gasteiger partial charge in [-0.25, -0.2) is 0 Å². The molecule has 12 nitrogen and oxygen atoms in total. The zero-order chi connectivity index (χ0) is 32.9. The van der Waals surface area contributed by atoms with Crippen LogP contribution in [0.3, 0.4) is 0 Å². The van der Waals surface area contributed by atoms with E-state index in [2.05, 4.69) is 35.4 Å². The van der Waals surface area contributed by atoms with E-state index >= 15 is 0 Å². The number of piperidine rings is 1. The summed E-state index contributed by atoms with van der Waals surface area (Å²) in [7, 11) is 1.87. The van der Waals surface area contributed by atoms with Gasteiger partial charge in [0, 0.05) is 70.5 Å². The van der Waals surface area contributed by atoms with E-state index in [1.807, 2.05) is 51.2 Å². The number of carbonyl (C=O) groups excluding carboxylic acids is 1. The standard InChI is InChI=1S/C35H50N8O4/c1-24(2)33(35(46)43-15-12-27(44)23-43)32-20-25(39-47-32)8-6-13-40-14-7-9-26(22-40)41-16-18-42(19-17-41)30-21-29(37-38-34(30)36-3)28-10-4-5-11-31(28)45/h4-5,10-11,20-21,24,26-27,33,44-45H,6-9,12-19,22-23H2,1-3H3,(H,36,38)/t26?,27-,33-/m1/s1. The van der Waals surface area contributed by atoms with Crippen LogP contribution in [0.1, 0.15) is 56.9 Å². The van der Waals surface area contributed by atoms with Crippen molar-refractivity contribution in [1.29, 1.82) is 0 Å². The molecule has 0 aliphatic carbocycles. The third kappa shape index (κ3) is 7.71. The van der Waals surface area contributed by atoms with Gasteiger partial charge in [-0.15, -0.1) is 10.2 Å². The summed E-state index contributed by atoms with van der Waals surface area (Å²) in [5.74, 6) is 1.33. The van der Waals surface area contributed by atoms with Crippen LogP contribution < -0.4 is 10.2 Å². The van der Waals surface area contributed by atoms with E-state index in [9.17, 15) is 15.0 Å². The van der Waals surface area contributed by atoms with E-state index in [0.29, 0.717) is 42.6 Å². The molecular weight excluding hydrogens is 596 g/mol. The van der Waals surface area contributed by atoms with Crippen molar-refractivity contribution in [2.75, 3.05) is 76.2 Å². The van der Waals surface area contributed by atoms with Crippen LogP contribution in [0.2, 0.25) is 0 Å². The SMILES string of the molecule is CNc1nnc(-c2ccccc2O)cc1N1CCN(C2CCCN(CCCc3cc([C@H](C(=O)N4CC[C@@H](O)C4)C(C)C)on3)C2)CC1. The molecule has 0 saturated carbocycles. The Kier molecular flexibility index (Phi) is 10.6. The number of carbonyl (C=O) groups is 1. The van der Waals surface area contributed by atoms with Crippen molar-refractivity contribution in [2.24, 2.45) is 5.92 Å². The Hall–Kier alpha value is -3.74. The monoisotopic (exact) mass is 646 g/mol. The predicted molar refractivity (Wildman–Crippen MR) is 182 cm³/mol. The Morgan fingerprint density at radius 1 is 1.04 bits per heavy atom. The Morgan fingerprint density at radius 2 is 1.85 bits per heavy atom. The van der Waals surface area contributed by atoms with Gasteiger partial charge in [-0.3, -0.25) is 9.69 Å². The number of β-amino-alcohol motifs (C(OH)–C–C–N with tert-alkyl or cyclic N) is 1. The molecule has 0 spiro atoms. The van der Waals surface area contributed by atoms with Crippen molar-refractivity contribution in [3.8, 4) is 17.0 Å². The molecule has 6 rings (SSSR count). The summed E-state index contributed by atoms with van der Waals surface area (Å²) in [5, 5.41) is 36.6. The number of para-hydroxylation sites is 1. The number of amides is 1. The molecule has 3 atom stereocenters. The quantitative estimate of drug-likeness (QED) is 0.283. The van der Waals surface area contributed by atoms with E-state index in [-0.39, 0.29) is 23.5 Å². The molecule has 2 aromatic heterocycles. The minimum atomic E-state index is -0.433.